The molecule has 0 saturated heterocycles. The highest BCUT2D eigenvalue weighted by molar-refractivity contribution is 6.27. The van der Waals surface area contributed by atoms with Crippen LogP contribution >= 0.6 is 11.6 Å². The number of hydrogen-bond donors (Lipinski definition) is 1. The van der Waals surface area contributed by atoms with Crippen LogP contribution in [0.3, 0.4) is 0 Å². The molecule has 0 heterocycles. The van der Waals surface area contributed by atoms with Crippen molar-refractivity contribution in [1.82, 2.24) is 0 Å². The van der Waals surface area contributed by atoms with Crippen LogP contribution in [0.15, 0.2) is 18.2 Å². The molecule has 1 aromatic rings. The van der Waals surface area contributed by atoms with Crippen LogP contribution in [0.4, 0.5) is 0 Å². The maximum absolute atomic E-state index is 11.6. The minimum atomic E-state index is -0.439. The summed E-state index contributed by atoms with van der Waals surface area (Å²) in [7, 11) is 0. The average Bonchev–Trinajstić information content (AvgIpc) is 2.40. The number of esters is 1. The van der Waals surface area contributed by atoms with Crippen LogP contribution in [0.2, 0.25) is 0 Å². The first kappa shape index (κ1) is 15.5. The van der Waals surface area contributed by atoms with Crippen molar-refractivity contribution in [3.05, 3.63) is 29.3 Å². The summed E-state index contributed by atoms with van der Waals surface area (Å²) < 4.78 is 4.94. The summed E-state index contributed by atoms with van der Waals surface area (Å²) in [5.74, 6) is -1.03. The molecule has 1 N–H and O–H groups in total. The SMILES string of the molecule is CCOC(=O)C(C)c1ccc(O)c(CC(=O)CCl)c1. The molecule has 0 aromatic heterocycles. The number of carbonyl (C=O) groups is 2. The van der Waals surface area contributed by atoms with Gasteiger partial charge >= 0.3 is 5.97 Å². The maximum atomic E-state index is 11.6. The van der Waals surface area contributed by atoms with Crippen molar-refractivity contribution in [3.63, 3.8) is 0 Å². The van der Waals surface area contributed by atoms with E-state index in [-0.39, 0.29) is 29.8 Å². The molecule has 19 heavy (non-hydrogen) atoms. The Bertz CT molecular complexity index is 471. The Hall–Kier alpha value is -1.55. The Balaban J connectivity index is 2.95. The van der Waals surface area contributed by atoms with Gasteiger partial charge in [0.15, 0.2) is 5.78 Å². The van der Waals surface area contributed by atoms with Crippen LogP contribution in [0, 0.1) is 0 Å². The lowest BCUT2D eigenvalue weighted by Gasteiger charge is -2.13. The minimum absolute atomic E-state index is 0.0262. The molecule has 0 amide bonds. The second-order valence-corrected chi connectivity index (χ2v) is 4.48. The summed E-state index contributed by atoms with van der Waals surface area (Å²) in [6, 6.07) is 4.76. The Kier molecular flexibility index (Phi) is 5.83. The van der Waals surface area contributed by atoms with Gasteiger partial charge in [-0.05, 0) is 25.5 Å². The van der Waals surface area contributed by atoms with E-state index in [2.05, 4.69) is 0 Å². The second kappa shape index (κ2) is 7.14. The third kappa shape index (κ3) is 4.24. The largest absolute Gasteiger partial charge is 0.508 e. The molecule has 104 valence electrons. The fourth-order valence-electron chi connectivity index (χ4n) is 1.68. The van der Waals surface area contributed by atoms with E-state index in [1.54, 1.807) is 26.0 Å². The molecule has 0 aliphatic carbocycles. The molecule has 0 fully saturated rings. The topological polar surface area (TPSA) is 63.6 Å². The van der Waals surface area contributed by atoms with Gasteiger partial charge in [0.2, 0.25) is 0 Å². The normalized spacial score (nSPS) is 11.9. The first-order valence-corrected chi connectivity index (χ1v) is 6.59. The van der Waals surface area contributed by atoms with Crippen molar-refractivity contribution in [3.8, 4) is 5.75 Å². The summed E-state index contributed by atoms with van der Waals surface area (Å²) in [4.78, 5) is 23.0. The van der Waals surface area contributed by atoms with Gasteiger partial charge in [0.1, 0.15) is 5.75 Å². The van der Waals surface area contributed by atoms with Crippen molar-refractivity contribution in [2.75, 3.05) is 12.5 Å². The molecule has 1 rings (SSSR count). The Labute approximate surface area is 117 Å². The van der Waals surface area contributed by atoms with Crippen LogP contribution < -0.4 is 0 Å². The Morgan fingerprint density at radius 3 is 2.68 bits per heavy atom. The van der Waals surface area contributed by atoms with Gasteiger partial charge in [-0.3, -0.25) is 9.59 Å². The molecule has 1 unspecified atom stereocenters. The number of ketones is 1. The molecular weight excluding hydrogens is 268 g/mol. The van der Waals surface area contributed by atoms with E-state index >= 15 is 0 Å². The van der Waals surface area contributed by atoms with Crippen molar-refractivity contribution >= 4 is 23.4 Å². The quantitative estimate of drug-likeness (QED) is 0.644. The lowest BCUT2D eigenvalue weighted by molar-refractivity contribution is -0.144. The average molecular weight is 285 g/mol. The van der Waals surface area contributed by atoms with Gasteiger partial charge in [0.05, 0.1) is 18.4 Å². The number of hydrogen-bond acceptors (Lipinski definition) is 4. The van der Waals surface area contributed by atoms with E-state index in [1.165, 1.54) is 6.07 Å². The number of phenols is 1. The minimum Gasteiger partial charge on any atom is -0.508 e. The Morgan fingerprint density at radius 2 is 2.11 bits per heavy atom. The summed E-state index contributed by atoms with van der Waals surface area (Å²) in [6.45, 7) is 3.78. The molecule has 0 saturated carbocycles. The van der Waals surface area contributed by atoms with Crippen LogP contribution in [0.25, 0.3) is 0 Å². The third-order valence-corrected chi connectivity index (χ3v) is 3.08. The zero-order chi connectivity index (χ0) is 14.4. The zero-order valence-electron chi connectivity index (χ0n) is 11.0. The van der Waals surface area contributed by atoms with Gasteiger partial charge in [-0.2, -0.15) is 0 Å². The number of benzene rings is 1. The van der Waals surface area contributed by atoms with Crippen molar-refractivity contribution < 1.29 is 19.4 Å². The molecule has 0 aliphatic heterocycles. The van der Waals surface area contributed by atoms with Crippen molar-refractivity contribution in [2.24, 2.45) is 0 Å². The van der Waals surface area contributed by atoms with Crippen molar-refractivity contribution in [1.29, 1.82) is 0 Å². The molecule has 0 spiro atoms. The molecule has 1 atom stereocenters. The molecule has 1 aromatic carbocycles. The van der Waals surface area contributed by atoms with E-state index in [0.29, 0.717) is 17.7 Å². The number of alkyl halides is 1. The van der Waals surface area contributed by atoms with Gasteiger partial charge in [-0.15, -0.1) is 11.6 Å². The summed E-state index contributed by atoms with van der Waals surface area (Å²) in [5.41, 5.74) is 1.17. The van der Waals surface area contributed by atoms with Crippen LogP contribution in [-0.2, 0) is 20.7 Å². The fourth-order valence-corrected chi connectivity index (χ4v) is 1.77. The first-order chi connectivity index (χ1) is 8.99. The smallest absolute Gasteiger partial charge is 0.313 e. The molecule has 0 aliphatic rings. The number of ether oxygens (including phenoxy) is 1. The van der Waals surface area contributed by atoms with Gasteiger partial charge in [-0.1, -0.05) is 12.1 Å². The van der Waals surface area contributed by atoms with Gasteiger partial charge in [0.25, 0.3) is 0 Å². The number of Topliss-reactive ketones (excluding diaryl/α,β-unsaturated/α-hetero) is 1. The Morgan fingerprint density at radius 1 is 1.42 bits per heavy atom. The van der Waals surface area contributed by atoms with E-state index in [0.717, 1.165) is 0 Å². The first-order valence-electron chi connectivity index (χ1n) is 6.05. The monoisotopic (exact) mass is 284 g/mol. The number of rotatable bonds is 6. The van der Waals surface area contributed by atoms with Crippen LogP contribution in [-0.4, -0.2) is 29.3 Å². The lowest BCUT2D eigenvalue weighted by atomic mass is 9.97. The van der Waals surface area contributed by atoms with Gasteiger partial charge in [-0.25, -0.2) is 0 Å². The van der Waals surface area contributed by atoms with Crippen LogP contribution in [0.5, 0.6) is 5.75 Å². The van der Waals surface area contributed by atoms with E-state index in [1.807, 2.05) is 0 Å². The molecule has 4 nitrogen and oxygen atoms in total. The fraction of sp³-hybridized carbons (Fsp3) is 0.429. The summed E-state index contributed by atoms with van der Waals surface area (Å²) >= 11 is 5.44. The molecule has 0 bridgehead atoms. The molecule has 5 heteroatoms. The zero-order valence-corrected chi connectivity index (χ0v) is 11.7. The summed E-state index contributed by atoms with van der Waals surface area (Å²) in [5, 5.41) is 9.69. The number of carbonyl (C=O) groups excluding carboxylic acids is 2. The highest BCUT2D eigenvalue weighted by Gasteiger charge is 2.18. The van der Waals surface area contributed by atoms with E-state index < -0.39 is 5.92 Å². The van der Waals surface area contributed by atoms with E-state index in [4.69, 9.17) is 16.3 Å². The standard InChI is InChI=1S/C14H17ClO4/c1-3-19-14(18)9(2)10-4-5-13(17)11(6-10)7-12(16)8-15/h4-6,9,17H,3,7-8H2,1-2H3. The predicted molar refractivity (Wildman–Crippen MR) is 72.6 cm³/mol. The lowest BCUT2D eigenvalue weighted by Crippen LogP contribution is -2.13. The van der Waals surface area contributed by atoms with Gasteiger partial charge < -0.3 is 9.84 Å². The number of aromatic hydroxyl groups is 1. The molecular formula is C14H17ClO4. The number of phenolic OH excluding ortho intramolecular Hbond substituents is 1. The van der Waals surface area contributed by atoms with Crippen molar-refractivity contribution in [2.45, 2.75) is 26.2 Å². The maximum Gasteiger partial charge on any atom is 0.313 e. The van der Waals surface area contributed by atoms with Crippen LogP contribution in [0.1, 0.15) is 30.9 Å². The second-order valence-electron chi connectivity index (χ2n) is 4.21. The summed E-state index contributed by atoms with van der Waals surface area (Å²) in [6.07, 6.45) is 0.0543. The molecule has 0 radical (unpaired) electrons. The predicted octanol–water partition coefficient (Wildman–Crippen LogP) is 2.41. The highest BCUT2D eigenvalue weighted by atomic mass is 35.5. The van der Waals surface area contributed by atoms with Gasteiger partial charge in [0, 0.05) is 12.0 Å². The van der Waals surface area contributed by atoms with E-state index in [9.17, 15) is 14.7 Å². The third-order valence-electron chi connectivity index (χ3n) is 2.78. The highest BCUT2D eigenvalue weighted by Crippen LogP contribution is 2.25. The number of halogens is 1.